The van der Waals surface area contributed by atoms with Crippen LogP contribution >= 0.6 is 11.3 Å². The molecule has 0 N–H and O–H groups in total. The molecule has 166 valence electrons. The van der Waals surface area contributed by atoms with Crippen LogP contribution in [0.1, 0.15) is 31.3 Å². The number of rotatable bonds is 7. The van der Waals surface area contributed by atoms with Gasteiger partial charge in [-0.1, -0.05) is 44.2 Å². The molecule has 0 radical (unpaired) electrons. The molecule has 1 aliphatic rings. The molecule has 0 spiro atoms. The Labute approximate surface area is 191 Å². The number of ether oxygens (including phenoxy) is 2. The molecule has 1 atom stereocenters. The van der Waals surface area contributed by atoms with Crippen LogP contribution in [0.2, 0.25) is 0 Å². The highest BCUT2D eigenvalue weighted by molar-refractivity contribution is 7.10. The standard InChI is InChI=1S/C25H26N2O4S/c1-16(2)13-31-25(29)17(3)27-21-12-19(9-10-22(21)30-14-24(27)28)20-15-32-23(26-20)11-18-7-5-4-6-8-18/h4-10,12,15-17H,11,13-14H2,1-3H3. The predicted molar refractivity (Wildman–Crippen MR) is 125 cm³/mol. The molecule has 7 heteroatoms. The number of anilines is 1. The lowest BCUT2D eigenvalue weighted by Gasteiger charge is -2.33. The molecular weight excluding hydrogens is 424 g/mol. The van der Waals surface area contributed by atoms with Crippen LogP contribution in [0.15, 0.2) is 53.9 Å². The third kappa shape index (κ3) is 4.83. The van der Waals surface area contributed by atoms with Crippen molar-refractivity contribution in [2.75, 3.05) is 18.1 Å². The maximum atomic E-state index is 12.7. The first kappa shape index (κ1) is 22.0. The van der Waals surface area contributed by atoms with Crippen molar-refractivity contribution >= 4 is 28.9 Å². The van der Waals surface area contributed by atoms with E-state index < -0.39 is 12.0 Å². The number of carbonyl (C=O) groups is 2. The first-order valence-corrected chi connectivity index (χ1v) is 11.5. The molecule has 0 bridgehead atoms. The number of amides is 1. The van der Waals surface area contributed by atoms with Gasteiger partial charge in [0, 0.05) is 17.4 Å². The average Bonchev–Trinajstić information content (AvgIpc) is 3.25. The molecule has 0 fully saturated rings. The van der Waals surface area contributed by atoms with Gasteiger partial charge in [0.2, 0.25) is 0 Å². The van der Waals surface area contributed by atoms with Gasteiger partial charge in [-0.2, -0.15) is 0 Å². The van der Waals surface area contributed by atoms with Crippen LogP contribution < -0.4 is 9.64 Å². The lowest BCUT2D eigenvalue weighted by atomic mass is 10.1. The molecule has 0 aliphatic carbocycles. The summed E-state index contributed by atoms with van der Waals surface area (Å²) in [6.45, 7) is 5.84. The Hall–Kier alpha value is -3.19. The molecule has 6 nitrogen and oxygen atoms in total. The summed E-state index contributed by atoms with van der Waals surface area (Å²) in [5.74, 6) is 0.0903. The number of nitrogens with zero attached hydrogens (tertiary/aromatic N) is 2. The minimum absolute atomic E-state index is 0.105. The number of hydrogen-bond donors (Lipinski definition) is 0. The Morgan fingerprint density at radius 2 is 1.97 bits per heavy atom. The molecule has 2 aromatic carbocycles. The fourth-order valence-electron chi connectivity index (χ4n) is 3.52. The molecule has 2 heterocycles. The van der Waals surface area contributed by atoms with E-state index in [-0.39, 0.29) is 18.4 Å². The van der Waals surface area contributed by atoms with Crippen LogP contribution in [-0.2, 0) is 20.7 Å². The topological polar surface area (TPSA) is 68.7 Å². The predicted octanol–water partition coefficient (Wildman–Crippen LogP) is 4.71. The summed E-state index contributed by atoms with van der Waals surface area (Å²) < 4.78 is 11.0. The summed E-state index contributed by atoms with van der Waals surface area (Å²) in [5, 5.41) is 3.02. The zero-order valence-corrected chi connectivity index (χ0v) is 19.2. The van der Waals surface area contributed by atoms with E-state index in [0.717, 1.165) is 22.7 Å². The second kappa shape index (κ2) is 9.53. The van der Waals surface area contributed by atoms with Gasteiger partial charge in [-0.3, -0.25) is 9.69 Å². The van der Waals surface area contributed by atoms with Crippen LogP contribution in [0.25, 0.3) is 11.3 Å². The smallest absolute Gasteiger partial charge is 0.328 e. The molecule has 1 aliphatic heterocycles. The van der Waals surface area contributed by atoms with Crippen molar-refractivity contribution in [3.63, 3.8) is 0 Å². The van der Waals surface area contributed by atoms with Crippen molar-refractivity contribution in [1.29, 1.82) is 0 Å². The maximum absolute atomic E-state index is 12.7. The Balaban J connectivity index is 1.59. The molecule has 1 unspecified atom stereocenters. The van der Waals surface area contributed by atoms with Gasteiger partial charge in [0.25, 0.3) is 5.91 Å². The van der Waals surface area contributed by atoms with Crippen molar-refractivity contribution in [3.05, 3.63) is 64.5 Å². The van der Waals surface area contributed by atoms with Crippen molar-refractivity contribution < 1.29 is 19.1 Å². The van der Waals surface area contributed by atoms with Crippen LogP contribution in [0.4, 0.5) is 5.69 Å². The molecule has 3 aromatic rings. The fourth-order valence-corrected chi connectivity index (χ4v) is 4.36. The van der Waals surface area contributed by atoms with Crippen molar-refractivity contribution in [3.8, 4) is 17.0 Å². The molecule has 0 saturated heterocycles. The van der Waals surface area contributed by atoms with Gasteiger partial charge in [0.05, 0.1) is 23.0 Å². The summed E-state index contributed by atoms with van der Waals surface area (Å²) in [7, 11) is 0. The highest BCUT2D eigenvalue weighted by Crippen LogP contribution is 2.37. The SMILES string of the molecule is CC(C)COC(=O)C(C)N1C(=O)COc2ccc(-c3csc(Cc4ccccc4)n3)cc21. The summed E-state index contributed by atoms with van der Waals surface area (Å²) >= 11 is 1.60. The summed E-state index contributed by atoms with van der Waals surface area (Å²) in [6.07, 6.45) is 0.767. The zero-order valence-electron chi connectivity index (χ0n) is 18.4. The van der Waals surface area contributed by atoms with Gasteiger partial charge in [0.1, 0.15) is 11.8 Å². The van der Waals surface area contributed by atoms with Gasteiger partial charge in [-0.25, -0.2) is 9.78 Å². The monoisotopic (exact) mass is 450 g/mol. The second-order valence-corrected chi connectivity index (χ2v) is 9.17. The summed E-state index contributed by atoms with van der Waals surface area (Å²) in [4.78, 5) is 31.5. The van der Waals surface area contributed by atoms with E-state index in [0.29, 0.717) is 18.0 Å². The largest absolute Gasteiger partial charge is 0.482 e. The third-order valence-corrected chi connectivity index (χ3v) is 6.02. The summed E-state index contributed by atoms with van der Waals surface area (Å²) in [6, 6.07) is 15.1. The van der Waals surface area contributed by atoms with Crippen LogP contribution in [0, 0.1) is 5.92 Å². The Bertz CT molecular complexity index is 1110. The van der Waals surface area contributed by atoms with Gasteiger partial charge >= 0.3 is 5.97 Å². The molecule has 4 rings (SSSR count). The first-order valence-electron chi connectivity index (χ1n) is 10.7. The lowest BCUT2D eigenvalue weighted by molar-refractivity contribution is -0.147. The average molecular weight is 451 g/mol. The van der Waals surface area contributed by atoms with Crippen molar-refractivity contribution in [2.45, 2.75) is 33.2 Å². The number of carbonyl (C=O) groups excluding carboxylic acids is 2. The number of thiazole rings is 1. The highest BCUT2D eigenvalue weighted by atomic mass is 32.1. The highest BCUT2D eigenvalue weighted by Gasteiger charge is 2.34. The van der Waals surface area contributed by atoms with E-state index in [2.05, 4.69) is 12.1 Å². The Morgan fingerprint density at radius 1 is 1.19 bits per heavy atom. The van der Waals surface area contributed by atoms with Crippen LogP contribution in [0.5, 0.6) is 5.75 Å². The van der Waals surface area contributed by atoms with Crippen LogP contribution in [-0.4, -0.2) is 36.1 Å². The quantitative estimate of drug-likeness (QED) is 0.488. The van der Waals surface area contributed by atoms with Crippen molar-refractivity contribution in [1.82, 2.24) is 4.98 Å². The molecule has 1 aromatic heterocycles. The van der Waals surface area contributed by atoms with E-state index in [1.54, 1.807) is 18.3 Å². The Morgan fingerprint density at radius 3 is 2.72 bits per heavy atom. The van der Waals surface area contributed by atoms with E-state index >= 15 is 0 Å². The minimum Gasteiger partial charge on any atom is -0.482 e. The van der Waals surface area contributed by atoms with E-state index in [1.807, 2.05) is 55.6 Å². The fraction of sp³-hybridized carbons (Fsp3) is 0.320. The number of benzene rings is 2. The number of hydrogen-bond acceptors (Lipinski definition) is 6. The van der Waals surface area contributed by atoms with Gasteiger partial charge in [-0.05, 0) is 36.6 Å². The maximum Gasteiger partial charge on any atom is 0.328 e. The van der Waals surface area contributed by atoms with Crippen LogP contribution in [0.3, 0.4) is 0 Å². The van der Waals surface area contributed by atoms with E-state index in [9.17, 15) is 9.59 Å². The Kier molecular flexibility index (Phi) is 6.55. The van der Waals surface area contributed by atoms with Gasteiger partial charge in [-0.15, -0.1) is 11.3 Å². The number of esters is 1. The van der Waals surface area contributed by atoms with E-state index in [4.69, 9.17) is 14.5 Å². The molecule has 0 saturated carbocycles. The van der Waals surface area contributed by atoms with Gasteiger partial charge < -0.3 is 9.47 Å². The second-order valence-electron chi connectivity index (χ2n) is 8.22. The molecule has 1 amide bonds. The minimum atomic E-state index is -0.747. The summed E-state index contributed by atoms with van der Waals surface area (Å²) in [5.41, 5.74) is 3.46. The van der Waals surface area contributed by atoms with Crippen molar-refractivity contribution in [2.24, 2.45) is 5.92 Å². The van der Waals surface area contributed by atoms with Gasteiger partial charge in [0.15, 0.2) is 6.61 Å². The first-order chi connectivity index (χ1) is 15.4. The normalized spacial score (nSPS) is 14.1. The molecular formula is C25H26N2O4S. The molecule has 32 heavy (non-hydrogen) atoms. The number of aromatic nitrogens is 1. The lowest BCUT2D eigenvalue weighted by Crippen LogP contribution is -2.48. The zero-order chi connectivity index (χ0) is 22.7. The third-order valence-electron chi connectivity index (χ3n) is 5.17. The van der Waals surface area contributed by atoms with E-state index in [1.165, 1.54) is 10.5 Å². The number of fused-ring (bicyclic) bond motifs is 1.